The van der Waals surface area contributed by atoms with E-state index in [0.29, 0.717) is 13.1 Å². The molecule has 2 aromatic heterocycles. The second-order valence-electron chi connectivity index (χ2n) is 6.43. The third kappa shape index (κ3) is 4.55. The Kier molecular flexibility index (Phi) is 7.11. The van der Waals surface area contributed by atoms with Crippen LogP contribution in [0.1, 0.15) is 17.0 Å². The highest BCUT2D eigenvalue weighted by atomic mass is 127. The van der Waals surface area contributed by atoms with Crippen LogP contribution >= 0.6 is 24.0 Å². The Hall–Kier alpha value is -2.23. The van der Waals surface area contributed by atoms with E-state index < -0.39 is 0 Å². The number of nitrogens with one attached hydrogen (secondary N) is 2. The van der Waals surface area contributed by atoms with Crippen molar-refractivity contribution in [3.05, 3.63) is 47.5 Å². The topological polar surface area (TPSA) is 70.6 Å². The summed E-state index contributed by atoms with van der Waals surface area (Å²) in [6.07, 6.45) is 1.87. The number of furan rings is 1. The largest absolute Gasteiger partial charge is 0.459 e. The maximum absolute atomic E-state index is 5.94. The minimum Gasteiger partial charge on any atom is -0.459 e. The molecule has 0 aliphatic heterocycles. The lowest BCUT2D eigenvalue weighted by Crippen LogP contribution is -2.36. The van der Waals surface area contributed by atoms with Crippen LogP contribution in [0.3, 0.4) is 0 Å². The van der Waals surface area contributed by atoms with Crippen molar-refractivity contribution in [1.29, 1.82) is 0 Å². The van der Waals surface area contributed by atoms with Gasteiger partial charge in [0.2, 0.25) is 5.95 Å². The number of aryl methyl sites for hydroxylation is 1. The van der Waals surface area contributed by atoms with Crippen molar-refractivity contribution in [1.82, 2.24) is 20.2 Å². The number of aromatic nitrogens is 2. The summed E-state index contributed by atoms with van der Waals surface area (Å²) in [4.78, 5) is 10.7. The molecule has 0 spiro atoms. The molecule has 2 heterocycles. The molecule has 0 amide bonds. The molecular formula is C19H27IN6O. The minimum absolute atomic E-state index is 0. The van der Waals surface area contributed by atoms with Crippen LogP contribution in [0.4, 0.5) is 5.95 Å². The van der Waals surface area contributed by atoms with Crippen LogP contribution < -0.4 is 15.5 Å². The standard InChI is InChI=1S/C19H26N6O.HI/c1-13-15-8-6-7-9-16(15)26-17(13)12-22-18(20-2)21-10-14-11-23-19(24(3)4)25(14)5;/h6-9,11H,10,12H2,1-5H3,(H2,20,21,22);1H. The third-order valence-electron chi connectivity index (χ3n) is 4.48. The van der Waals surface area contributed by atoms with E-state index in [-0.39, 0.29) is 24.0 Å². The number of hydrogen-bond donors (Lipinski definition) is 2. The van der Waals surface area contributed by atoms with E-state index in [1.54, 1.807) is 7.05 Å². The van der Waals surface area contributed by atoms with Crippen LogP contribution in [0.2, 0.25) is 0 Å². The zero-order valence-electron chi connectivity index (χ0n) is 16.4. The van der Waals surface area contributed by atoms with Crippen LogP contribution in [0.15, 0.2) is 39.9 Å². The Bertz CT molecular complexity index is 928. The second-order valence-corrected chi connectivity index (χ2v) is 6.43. The lowest BCUT2D eigenvalue weighted by Gasteiger charge is -2.14. The number of halogens is 1. The first-order chi connectivity index (χ1) is 12.5. The number of fused-ring (bicyclic) bond motifs is 1. The number of benzene rings is 1. The molecule has 3 rings (SSSR count). The van der Waals surface area contributed by atoms with E-state index >= 15 is 0 Å². The third-order valence-corrected chi connectivity index (χ3v) is 4.48. The lowest BCUT2D eigenvalue weighted by atomic mass is 10.1. The molecule has 3 aromatic rings. The van der Waals surface area contributed by atoms with Gasteiger partial charge in [-0.3, -0.25) is 4.99 Å². The van der Waals surface area contributed by atoms with Crippen molar-refractivity contribution in [3.8, 4) is 0 Å². The Morgan fingerprint density at radius 2 is 1.93 bits per heavy atom. The normalized spacial score (nSPS) is 11.4. The molecule has 8 heteroatoms. The van der Waals surface area contributed by atoms with Gasteiger partial charge < -0.3 is 24.5 Å². The minimum atomic E-state index is 0. The Labute approximate surface area is 176 Å². The predicted molar refractivity (Wildman–Crippen MR) is 121 cm³/mol. The molecule has 0 radical (unpaired) electrons. The van der Waals surface area contributed by atoms with Crippen LogP contribution in [0.25, 0.3) is 11.0 Å². The van der Waals surface area contributed by atoms with Gasteiger partial charge in [0.1, 0.15) is 11.3 Å². The van der Waals surface area contributed by atoms with Gasteiger partial charge in [-0.1, -0.05) is 18.2 Å². The maximum atomic E-state index is 5.94. The number of rotatable bonds is 5. The molecule has 0 bridgehead atoms. The fourth-order valence-electron chi connectivity index (χ4n) is 2.97. The summed E-state index contributed by atoms with van der Waals surface area (Å²) in [5, 5.41) is 7.78. The zero-order valence-corrected chi connectivity index (χ0v) is 18.7. The Morgan fingerprint density at radius 1 is 1.22 bits per heavy atom. The summed E-state index contributed by atoms with van der Waals surface area (Å²) in [6, 6.07) is 8.08. The van der Waals surface area contributed by atoms with Gasteiger partial charge in [0.25, 0.3) is 0 Å². The van der Waals surface area contributed by atoms with Crippen LogP contribution in [0.5, 0.6) is 0 Å². The highest BCUT2D eigenvalue weighted by molar-refractivity contribution is 14.0. The molecule has 0 saturated carbocycles. The van der Waals surface area contributed by atoms with Crippen molar-refractivity contribution in [2.75, 3.05) is 26.0 Å². The molecule has 0 aliphatic rings. The predicted octanol–water partition coefficient (Wildman–Crippen LogP) is 3.02. The number of hydrogen-bond acceptors (Lipinski definition) is 4. The van der Waals surface area contributed by atoms with Gasteiger partial charge >= 0.3 is 0 Å². The molecule has 0 aliphatic carbocycles. The molecule has 0 fully saturated rings. The maximum Gasteiger partial charge on any atom is 0.204 e. The van der Waals surface area contributed by atoms with Crippen molar-refractivity contribution >= 4 is 46.9 Å². The Morgan fingerprint density at radius 3 is 2.56 bits per heavy atom. The van der Waals surface area contributed by atoms with Gasteiger partial charge in [-0.15, -0.1) is 24.0 Å². The van der Waals surface area contributed by atoms with E-state index in [0.717, 1.165) is 39.9 Å². The highest BCUT2D eigenvalue weighted by Crippen LogP contribution is 2.24. The van der Waals surface area contributed by atoms with Gasteiger partial charge in [0.05, 0.1) is 25.0 Å². The highest BCUT2D eigenvalue weighted by Gasteiger charge is 2.11. The van der Waals surface area contributed by atoms with E-state index in [2.05, 4.69) is 38.2 Å². The average Bonchev–Trinajstić information content (AvgIpc) is 3.16. The smallest absolute Gasteiger partial charge is 0.204 e. The molecule has 0 atom stereocenters. The van der Waals surface area contributed by atoms with E-state index in [1.807, 2.05) is 50.4 Å². The number of imidazole rings is 1. The Balaban J connectivity index is 0.00000261. The molecule has 0 unspecified atom stereocenters. The zero-order chi connectivity index (χ0) is 18.7. The number of nitrogens with zero attached hydrogens (tertiary/aromatic N) is 4. The average molecular weight is 482 g/mol. The first-order valence-electron chi connectivity index (χ1n) is 8.60. The van der Waals surface area contributed by atoms with Crippen molar-refractivity contribution in [3.63, 3.8) is 0 Å². The van der Waals surface area contributed by atoms with E-state index in [1.165, 1.54) is 0 Å². The van der Waals surface area contributed by atoms with Gasteiger partial charge in [0, 0.05) is 39.1 Å². The van der Waals surface area contributed by atoms with E-state index in [4.69, 9.17) is 4.42 Å². The molecule has 7 nitrogen and oxygen atoms in total. The van der Waals surface area contributed by atoms with Gasteiger partial charge in [-0.05, 0) is 13.0 Å². The number of anilines is 1. The first-order valence-corrected chi connectivity index (χ1v) is 8.60. The van der Waals surface area contributed by atoms with Crippen molar-refractivity contribution in [2.45, 2.75) is 20.0 Å². The van der Waals surface area contributed by atoms with Crippen LogP contribution in [0, 0.1) is 6.92 Å². The van der Waals surface area contributed by atoms with Crippen molar-refractivity contribution in [2.24, 2.45) is 12.0 Å². The summed E-state index contributed by atoms with van der Waals surface area (Å²) in [5.74, 6) is 2.56. The SMILES string of the molecule is CN=C(NCc1oc2ccccc2c1C)NCc1cnc(N(C)C)n1C.I. The summed E-state index contributed by atoms with van der Waals surface area (Å²) >= 11 is 0. The monoisotopic (exact) mass is 482 g/mol. The van der Waals surface area contributed by atoms with Crippen molar-refractivity contribution < 1.29 is 4.42 Å². The molecule has 27 heavy (non-hydrogen) atoms. The van der Waals surface area contributed by atoms with Gasteiger partial charge in [-0.2, -0.15) is 0 Å². The van der Waals surface area contributed by atoms with E-state index in [9.17, 15) is 0 Å². The molecular weight excluding hydrogens is 455 g/mol. The summed E-state index contributed by atoms with van der Waals surface area (Å²) in [5.41, 5.74) is 3.15. The number of para-hydroxylation sites is 1. The molecule has 2 N–H and O–H groups in total. The second kappa shape index (κ2) is 9.12. The molecule has 1 aromatic carbocycles. The molecule has 0 saturated heterocycles. The van der Waals surface area contributed by atoms with Crippen LogP contribution in [-0.4, -0.2) is 36.7 Å². The number of guanidine groups is 1. The summed E-state index contributed by atoms with van der Waals surface area (Å²) in [6.45, 7) is 3.29. The van der Waals surface area contributed by atoms with Gasteiger partial charge in [0.15, 0.2) is 5.96 Å². The number of aliphatic imine (C=N–C) groups is 1. The fraction of sp³-hybridized carbons (Fsp3) is 0.368. The quantitative estimate of drug-likeness (QED) is 0.333. The van der Waals surface area contributed by atoms with Gasteiger partial charge in [-0.25, -0.2) is 4.98 Å². The summed E-state index contributed by atoms with van der Waals surface area (Å²) < 4.78 is 8.00. The fourth-order valence-corrected chi connectivity index (χ4v) is 2.97. The first kappa shape index (κ1) is 21.1. The molecule has 146 valence electrons. The summed E-state index contributed by atoms with van der Waals surface area (Å²) in [7, 11) is 7.73. The van der Waals surface area contributed by atoms with Crippen LogP contribution in [-0.2, 0) is 20.1 Å². The lowest BCUT2D eigenvalue weighted by molar-refractivity contribution is 0.534.